The Morgan fingerprint density at radius 2 is 1.74 bits per heavy atom. The number of hydrogen-bond acceptors (Lipinski definition) is 2. The molecule has 3 heteroatoms. The molecule has 0 aliphatic rings. The number of hydrogen-bond donors (Lipinski definition) is 0. The van der Waals surface area contributed by atoms with Crippen LogP contribution in [0.2, 0.25) is 0 Å². The summed E-state index contributed by atoms with van der Waals surface area (Å²) in [6, 6.07) is 10.4. The van der Waals surface area contributed by atoms with Crippen LogP contribution in [-0.2, 0) is 5.41 Å². The molecule has 0 bridgehead atoms. The zero-order valence-corrected chi connectivity index (χ0v) is 11.5. The van der Waals surface area contributed by atoms with Crippen LogP contribution < -0.4 is 0 Å². The first-order chi connectivity index (χ1) is 9.04. The Bertz CT molecular complexity index is 706. The summed E-state index contributed by atoms with van der Waals surface area (Å²) in [5, 5.41) is 5.77. The minimum atomic E-state index is 0.160. The minimum Gasteiger partial charge on any atom is -0.265 e. The molecule has 0 spiro atoms. The summed E-state index contributed by atoms with van der Waals surface area (Å²) < 4.78 is 1.90. The third-order valence-corrected chi connectivity index (χ3v) is 3.30. The summed E-state index contributed by atoms with van der Waals surface area (Å²) >= 11 is 0. The van der Waals surface area contributed by atoms with E-state index in [4.69, 9.17) is 0 Å². The fourth-order valence-corrected chi connectivity index (χ4v) is 2.12. The highest BCUT2D eigenvalue weighted by Crippen LogP contribution is 2.26. The van der Waals surface area contributed by atoms with Crippen LogP contribution in [0.5, 0.6) is 0 Å². The lowest BCUT2D eigenvalue weighted by Crippen LogP contribution is -2.10. The first kappa shape index (κ1) is 11.9. The second-order valence-corrected chi connectivity index (χ2v) is 5.80. The molecular weight excluding hydrogens is 234 g/mol. The topological polar surface area (TPSA) is 30.7 Å². The average Bonchev–Trinajstić information content (AvgIpc) is 2.81. The largest absolute Gasteiger partial charge is 0.265 e. The fraction of sp³-hybridized carbons (Fsp3) is 0.250. The van der Waals surface area contributed by atoms with Gasteiger partial charge >= 0.3 is 0 Å². The molecule has 0 saturated heterocycles. The summed E-state index contributed by atoms with van der Waals surface area (Å²) in [5.41, 5.74) is 3.54. The van der Waals surface area contributed by atoms with Crippen molar-refractivity contribution in [3.8, 4) is 5.69 Å². The van der Waals surface area contributed by atoms with Gasteiger partial charge in [-0.05, 0) is 35.2 Å². The summed E-state index contributed by atoms with van der Waals surface area (Å²) in [4.78, 5) is 4.03. The van der Waals surface area contributed by atoms with Crippen molar-refractivity contribution in [2.75, 3.05) is 0 Å². The Balaban J connectivity index is 2.12. The van der Waals surface area contributed by atoms with E-state index >= 15 is 0 Å². The van der Waals surface area contributed by atoms with Crippen LogP contribution in [0.25, 0.3) is 16.6 Å². The third kappa shape index (κ3) is 2.24. The molecule has 0 fully saturated rings. The minimum absolute atomic E-state index is 0.160. The van der Waals surface area contributed by atoms with E-state index in [1.807, 2.05) is 16.8 Å². The molecule has 2 aromatic heterocycles. The Hall–Kier alpha value is -2.16. The molecule has 0 aliphatic carbocycles. The van der Waals surface area contributed by atoms with Gasteiger partial charge in [0.05, 0.1) is 11.2 Å². The quantitative estimate of drug-likeness (QED) is 0.660. The highest BCUT2D eigenvalue weighted by Gasteiger charge is 2.14. The van der Waals surface area contributed by atoms with Crippen molar-refractivity contribution in [2.45, 2.75) is 26.2 Å². The predicted octanol–water partition coefficient (Wildman–Crippen LogP) is 3.72. The van der Waals surface area contributed by atoms with E-state index in [1.165, 1.54) is 10.9 Å². The van der Waals surface area contributed by atoms with Crippen LogP contribution in [0.15, 0.2) is 48.9 Å². The molecule has 1 aromatic carbocycles. The zero-order chi connectivity index (χ0) is 13.5. The molecule has 19 heavy (non-hydrogen) atoms. The van der Waals surface area contributed by atoms with E-state index in [9.17, 15) is 0 Å². The van der Waals surface area contributed by atoms with Crippen LogP contribution >= 0.6 is 0 Å². The van der Waals surface area contributed by atoms with Gasteiger partial charge in [0.1, 0.15) is 0 Å². The summed E-state index contributed by atoms with van der Waals surface area (Å²) in [6.07, 6.45) is 5.63. The van der Waals surface area contributed by atoms with Gasteiger partial charge < -0.3 is 0 Å². The SMILES string of the molecule is CC(C)(C)c1ccc2nn(-c3ccncc3)cc2c1. The van der Waals surface area contributed by atoms with Gasteiger partial charge in [-0.25, -0.2) is 4.68 Å². The van der Waals surface area contributed by atoms with Gasteiger partial charge in [-0.15, -0.1) is 0 Å². The van der Waals surface area contributed by atoms with E-state index < -0.39 is 0 Å². The van der Waals surface area contributed by atoms with Crippen molar-refractivity contribution in [1.29, 1.82) is 0 Å². The molecule has 3 aromatic rings. The summed E-state index contributed by atoms with van der Waals surface area (Å²) in [6.45, 7) is 6.67. The van der Waals surface area contributed by atoms with Crippen LogP contribution in [-0.4, -0.2) is 14.8 Å². The Morgan fingerprint density at radius 3 is 2.42 bits per heavy atom. The van der Waals surface area contributed by atoms with Crippen LogP contribution in [0, 0.1) is 0 Å². The maximum Gasteiger partial charge on any atom is 0.0927 e. The van der Waals surface area contributed by atoms with Gasteiger partial charge in [-0.3, -0.25) is 4.98 Å². The predicted molar refractivity (Wildman–Crippen MR) is 77.6 cm³/mol. The van der Waals surface area contributed by atoms with E-state index in [-0.39, 0.29) is 5.41 Å². The van der Waals surface area contributed by atoms with Crippen LogP contribution in [0.1, 0.15) is 26.3 Å². The van der Waals surface area contributed by atoms with Crippen molar-refractivity contribution >= 4 is 10.9 Å². The normalized spacial score (nSPS) is 11.9. The number of nitrogens with zero attached hydrogens (tertiary/aromatic N) is 3. The number of benzene rings is 1. The van der Waals surface area contributed by atoms with Gasteiger partial charge in [-0.1, -0.05) is 26.8 Å². The van der Waals surface area contributed by atoms with Crippen molar-refractivity contribution in [2.24, 2.45) is 0 Å². The van der Waals surface area contributed by atoms with Crippen LogP contribution in [0.4, 0.5) is 0 Å². The monoisotopic (exact) mass is 251 g/mol. The number of rotatable bonds is 1. The number of aromatic nitrogens is 3. The molecule has 0 unspecified atom stereocenters. The number of pyridine rings is 1. The van der Waals surface area contributed by atoms with Gasteiger partial charge in [0.25, 0.3) is 0 Å². The number of fused-ring (bicyclic) bond motifs is 1. The lowest BCUT2D eigenvalue weighted by Gasteiger charge is -2.18. The maximum absolute atomic E-state index is 4.60. The first-order valence-electron chi connectivity index (χ1n) is 6.44. The second-order valence-electron chi connectivity index (χ2n) is 5.80. The van der Waals surface area contributed by atoms with Crippen molar-refractivity contribution in [3.05, 3.63) is 54.5 Å². The van der Waals surface area contributed by atoms with Gasteiger partial charge in [0.2, 0.25) is 0 Å². The lowest BCUT2D eigenvalue weighted by atomic mass is 9.86. The van der Waals surface area contributed by atoms with Crippen molar-refractivity contribution in [1.82, 2.24) is 14.8 Å². The third-order valence-electron chi connectivity index (χ3n) is 3.30. The van der Waals surface area contributed by atoms with Crippen molar-refractivity contribution in [3.63, 3.8) is 0 Å². The Kier molecular flexibility index (Phi) is 2.63. The molecule has 0 atom stereocenters. The summed E-state index contributed by atoms with van der Waals surface area (Å²) in [7, 11) is 0. The lowest BCUT2D eigenvalue weighted by molar-refractivity contribution is 0.591. The molecule has 3 nitrogen and oxygen atoms in total. The molecule has 0 N–H and O–H groups in total. The average molecular weight is 251 g/mol. The molecule has 96 valence electrons. The van der Waals surface area contributed by atoms with E-state index in [0.29, 0.717) is 0 Å². The molecule has 3 rings (SSSR count). The highest BCUT2D eigenvalue weighted by atomic mass is 15.3. The Labute approximate surface area is 112 Å². The molecule has 0 saturated carbocycles. The standard InChI is InChI=1S/C16H17N3/c1-16(2,3)13-4-5-15-12(10-13)11-19(18-15)14-6-8-17-9-7-14/h4-11H,1-3H3. The van der Waals surface area contributed by atoms with E-state index in [2.05, 4.69) is 55.2 Å². The molecule has 0 amide bonds. The molecule has 0 aliphatic heterocycles. The summed E-state index contributed by atoms with van der Waals surface area (Å²) in [5.74, 6) is 0. The first-order valence-corrected chi connectivity index (χ1v) is 6.44. The fourth-order valence-electron chi connectivity index (χ4n) is 2.12. The maximum atomic E-state index is 4.60. The van der Waals surface area contributed by atoms with Gasteiger partial charge in [0, 0.05) is 24.0 Å². The smallest absolute Gasteiger partial charge is 0.0927 e. The second kappa shape index (κ2) is 4.19. The van der Waals surface area contributed by atoms with Crippen LogP contribution in [0.3, 0.4) is 0 Å². The molecule has 0 radical (unpaired) electrons. The zero-order valence-electron chi connectivity index (χ0n) is 11.5. The Morgan fingerprint density at radius 1 is 1.00 bits per heavy atom. The van der Waals surface area contributed by atoms with E-state index in [1.54, 1.807) is 12.4 Å². The van der Waals surface area contributed by atoms with E-state index in [0.717, 1.165) is 11.2 Å². The molecular formula is C16H17N3. The van der Waals surface area contributed by atoms with Crippen molar-refractivity contribution < 1.29 is 0 Å². The van der Waals surface area contributed by atoms with Gasteiger partial charge in [-0.2, -0.15) is 5.10 Å². The highest BCUT2D eigenvalue weighted by molar-refractivity contribution is 5.79. The van der Waals surface area contributed by atoms with Gasteiger partial charge in [0.15, 0.2) is 0 Å². The molecule has 2 heterocycles.